The number of esters is 1. The van der Waals surface area contributed by atoms with Crippen LogP contribution in [-0.2, 0) is 14.3 Å². The molecule has 0 saturated carbocycles. The Morgan fingerprint density at radius 3 is 2.28 bits per heavy atom. The lowest BCUT2D eigenvalue weighted by atomic mass is 10.0. The van der Waals surface area contributed by atoms with Gasteiger partial charge in [-0.05, 0) is 55.8 Å². The van der Waals surface area contributed by atoms with Crippen LogP contribution in [0.4, 0.5) is 13.6 Å². The van der Waals surface area contributed by atoms with Crippen LogP contribution >= 0.6 is 15.9 Å². The molecule has 1 heterocycles. The number of benzene rings is 1. The molecule has 1 aliphatic heterocycles. The maximum absolute atomic E-state index is 14.3. The van der Waals surface area contributed by atoms with Crippen LogP contribution in [0.2, 0.25) is 0 Å². The summed E-state index contributed by atoms with van der Waals surface area (Å²) in [5, 5.41) is 0. The summed E-state index contributed by atoms with van der Waals surface area (Å²) in [7, 11) is 1.14. The zero-order valence-electron chi connectivity index (χ0n) is 16.8. The average molecular weight is 477 g/mol. The summed E-state index contributed by atoms with van der Waals surface area (Å²) in [5.74, 6) is -3.41. The van der Waals surface area contributed by atoms with E-state index in [2.05, 4.69) is 15.9 Å². The van der Waals surface area contributed by atoms with Crippen LogP contribution in [0.1, 0.15) is 38.1 Å². The number of amides is 2. The molecule has 7 nitrogen and oxygen atoms in total. The zero-order chi connectivity index (χ0) is 22.1. The summed E-state index contributed by atoms with van der Waals surface area (Å²) in [4.78, 5) is 40.1. The number of halogens is 3. The van der Waals surface area contributed by atoms with E-state index in [9.17, 15) is 23.2 Å². The fourth-order valence-electron chi connectivity index (χ4n) is 2.95. The van der Waals surface area contributed by atoms with Gasteiger partial charge in [0.15, 0.2) is 0 Å². The highest BCUT2D eigenvalue weighted by molar-refractivity contribution is 9.10. The van der Waals surface area contributed by atoms with Gasteiger partial charge in [0.25, 0.3) is 5.91 Å². The van der Waals surface area contributed by atoms with E-state index in [1.54, 1.807) is 27.7 Å². The van der Waals surface area contributed by atoms with Gasteiger partial charge < -0.3 is 19.3 Å². The molecular weight excluding hydrogens is 454 g/mol. The maximum Gasteiger partial charge on any atom is 0.410 e. The third kappa shape index (κ3) is 5.23. The molecule has 29 heavy (non-hydrogen) atoms. The SMILES string of the molecule is COC(=O)C1CN(C(=O)OC(C)(C)C)[C@H](C)CN1C(=O)c1cc(F)c(Br)cc1F. The molecule has 160 valence electrons. The van der Waals surface area contributed by atoms with Crippen LogP contribution in [0.5, 0.6) is 0 Å². The molecular formula is C19H23BrF2N2O5. The number of rotatable bonds is 2. The van der Waals surface area contributed by atoms with Crippen molar-refractivity contribution in [2.75, 3.05) is 20.2 Å². The van der Waals surface area contributed by atoms with E-state index in [0.717, 1.165) is 24.1 Å². The number of hydrogen-bond acceptors (Lipinski definition) is 5. The quantitative estimate of drug-likeness (QED) is 0.483. The Bertz CT molecular complexity index is 828. The first-order valence-electron chi connectivity index (χ1n) is 8.88. The second-order valence-corrected chi connectivity index (χ2v) is 8.58. The number of nitrogens with zero attached hydrogens (tertiary/aromatic N) is 2. The Morgan fingerprint density at radius 2 is 1.72 bits per heavy atom. The predicted molar refractivity (Wildman–Crippen MR) is 103 cm³/mol. The third-order valence-electron chi connectivity index (χ3n) is 4.34. The fourth-order valence-corrected chi connectivity index (χ4v) is 3.27. The zero-order valence-corrected chi connectivity index (χ0v) is 18.4. The monoisotopic (exact) mass is 476 g/mol. The number of carbonyl (C=O) groups excluding carboxylic acids is 3. The highest BCUT2D eigenvalue weighted by atomic mass is 79.9. The molecule has 1 aromatic rings. The minimum atomic E-state index is -1.19. The van der Waals surface area contributed by atoms with Gasteiger partial charge in [-0.1, -0.05) is 0 Å². The second kappa shape index (κ2) is 8.64. The van der Waals surface area contributed by atoms with Gasteiger partial charge in [-0.2, -0.15) is 0 Å². The molecule has 1 aliphatic rings. The van der Waals surface area contributed by atoms with Crippen LogP contribution in [0, 0.1) is 11.6 Å². The highest BCUT2D eigenvalue weighted by Gasteiger charge is 2.43. The maximum atomic E-state index is 14.3. The first-order valence-corrected chi connectivity index (χ1v) is 9.68. The molecule has 2 rings (SSSR count). The number of methoxy groups -OCH3 is 1. The lowest BCUT2D eigenvalue weighted by Gasteiger charge is -2.44. The Balaban J connectivity index is 2.35. The van der Waals surface area contributed by atoms with E-state index in [1.807, 2.05) is 0 Å². The van der Waals surface area contributed by atoms with Gasteiger partial charge in [-0.15, -0.1) is 0 Å². The van der Waals surface area contributed by atoms with E-state index in [4.69, 9.17) is 9.47 Å². The fraction of sp³-hybridized carbons (Fsp3) is 0.526. The number of carbonyl (C=O) groups is 3. The molecule has 0 radical (unpaired) electrons. The van der Waals surface area contributed by atoms with E-state index in [1.165, 1.54) is 4.90 Å². The normalized spacial score (nSPS) is 19.7. The molecule has 1 unspecified atom stereocenters. The molecule has 1 fully saturated rings. The Hall–Kier alpha value is -2.23. The van der Waals surface area contributed by atoms with Crippen molar-refractivity contribution in [3.05, 3.63) is 33.8 Å². The van der Waals surface area contributed by atoms with Gasteiger partial charge in [0.2, 0.25) is 0 Å². The van der Waals surface area contributed by atoms with Crippen molar-refractivity contribution < 1.29 is 32.6 Å². The van der Waals surface area contributed by atoms with Crippen molar-refractivity contribution in [3.63, 3.8) is 0 Å². The average Bonchev–Trinajstić information content (AvgIpc) is 2.61. The standard InChI is InChI=1S/C19H23BrF2N2O5/c1-10-8-24(16(25)11-6-14(22)12(20)7-13(11)21)15(17(26)28-5)9-23(10)18(27)29-19(2,3)4/h6-7,10,15H,8-9H2,1-5H3/t10-,15?/m1/s1. The Labute approximate surface area is 176 Å². The molecule has 1 aromatic carbocycles. The van der Waals surface area contributed by atoms with E-state index >= 15 is 0 Å². The van der Waals surface area contributed by atoms with Crippen molar-refractivity contribution >= 4 is 33.9 Å². The van der Waals surface area contributed by atoms with Crippen molar-refractivity contribution in [1.29, 1.82) is 0 Å². The molecule has 0 aliphatic carbocycles. The second-order valence-electron chi connectivity index (χ2n) is 7.72. The van der Waals surface area contributed by atoms with Gasteiger partial charge >= 0.3 is 12.1 Å². The summed E-state index contributed by atoms with van der Waals surface area (Å²) >= 11 is 2.86. The summed E-state index contributed by atoms with van der Waals surface area (Å²) in [6, 6.07) is -0.114. The van der Waals surface area contributed by atoms with E-state index in [-0.39, 0.29) is 17.6 Å². The molecule has 0 bridgehead atoms. The highest BCUT2D eigenvalue weighted by Crippen LogP contribution is 2.25. The van der Waals surface area contributed by atoms with E-state index < -0.39 is 52.9 Å². The molecule has 1 saturated heterocycles. The first-order chi connectivity index (χ1) is 13.4. The van der Waals surface area contributed by atoms with Crippen molar-refractivity contribution in [2.24, 2.45) is 0 Å². The van der Waals surface area contributed by atoms with E-state index in [0.29, 0.717) is 0 Å². The molecule has 0 N–H and O–H groups in total. The first kappa shape index (κ1) is 23.1. The molecule has 2 atom stereocenters. The topological polar surface area (TPSA) is 76.2 Å². The molecule has 10 heteroatoms. The van der Waals surface area contributed by atoms with Crippen LogP contribution in [0.15, 0.2) is 16.6 Å². The predicted octanol–water partition coefficient (Wildman–Crippen LogP) is 3.35. The summed E-state index contributed by atoms with van der Waals surface area (Å²) in [6.07, 6.45) is -0.646. The van der Waals surface area contributed by atoms with Crippen LogP contribution in [-0.4, -0.2) is 65.7 Å². The van der Waals surface area contributed by atoms with Gasteiger partial charge in [-0.3, -0.25) is 4.79 Å². The number of hydrogen-bond donors (Lipinski definition) is 0. The van der Waals surface area contributed by atoms with Gasteiger partial charge in [-0.25, -0.2) is 18.4 Å². The van der Waals surface area contributed by atoms with Gasteiger partial charge in [0.1, 0.15) is 23.3 Å². The number of ether oxygens (including phenoxy) is 2. The lowest BCUT2D eigenvalue weighted by Crippen LogP contribution is -2.63. The van der Waals surface area contributed by atoms with Crippen LogP contribution < -0.4 is 0 Å². The molecule has 0 spiro atoms. The van der Waals surface area contributed by atoms with Crippen LogP contribution in [0.3, 0.4) is 0 Å². The Kier molecular flexibility index (Phi) is 6.87. The summed E-state index contributed by atoms with van der Waals surface area (Å²) < 4.78 is 38.1. The van der Waals surface area contributed by atoms with Gasteiger partial charge in [0, 0.05) is 12.6 Å². The third-order valence-corrected chi connectivity index (χ3v) is 4.95. The molecule has 0 aromatic heterocycles. The summed E-state index contributed by atoms with van der Waals surface area (Å²) in [5.41, 5.74) is -1.26. The van der Waals surface area contributed by atoms with Crippen LogP contribution in [0.25, 0.3) is 0 Å². The lowest BCUT2D eigenvalue weighted by molar-refractivity contribution is -0.148. The Morgan fingerprint density at radius 1 is 1.10 bits per heavy atom. The number of piperazine rings is 1. The van der Waals surface area contributed by atoms with Crippen molar-refractivity contribution in [1.82, 2.24) is 9.80 Å². The van der Waals surface area contributed by atoms with Gasteiger partial charge in [0.05, 0.1) is 23.7 Å². The van der Waals surface area contributed by atoms with Crippen molar-refractivity contribution in [2.45, 2.75) is 45.4 Å². The summed E-state index contributed by atoms with van der Waals surface area (Å²) in [6.45, 7) is 6.49. The smallest absolute Gasteiger partial charge is 0.410 e. The minimum Gasteiger partial charge on any atom is -0.467 e. The largest absolute Gasteiger partial charge is 0.467 e. The minimum absolute atomic E-state index is 0.0883. The molecule has 2 amide bonds. The van der Waals surface area contributed by atoms with Crippen molar-refractivity contribution in [3.8, 4) is 0 Å².